The Labute approximate surface area is 340 Å². The van der Waals surface area contributed by atoms with Gasteiger partial charge in [-0.05, 0) is 92.9 Å². The zero-order chi connectivity index (χ0) is 38.5. The summed E-state index contributed by atoms with van der Waals surface area (Å²) in [7, 11) is 0. The predicted molar refractivity (Wildman–Crippen MR) is 247 cm³/mol. The summed E-state index contributed by atoms with van der Waals surface area (Å²) in [6.45, 7) is 4.70. The maximum Gasteiger partial charge on any atom is 0.143 e. The van der Waals surface area contributed by atoms with Gasteiger partial charge >= 0.3 is 0 Å². The lowest BCUT2D eigenvalue weighted by atomic mass is 9.82. The number of furan rings is 1. The lowest BCUT2D eigenvalue weighted by molar-refractivity contribution is 0.660. The van der Waals surface area contributed by atoms with Crippen LogP contribution in [0.1, 0.15) is 25.0 Å². The molecule has 274 valence electrons. The van der Waals surface area contributed by atoms with Gasteiger partial charge in [0.05, 0.1) is 11.1 Å². The Hall–Kier alpha value is -6.94. The van der Waals surface area contributed by atoms with Gasteiger partial charge in [0.25, 0.3) is 0 Å². The van der Waals surface area contributed by atoms with Crippen molar-refractivity contribution in [2.75, 3.05) is 4.90 Å². The zero-order valence-electron chi connectivity index (χ0n) is 32.2. The van der Waals surface area contributed by atoms with Crippen LogP contribution in [0.5, 0.6) is 0 Å². The van der Waals surface area contributed by atoms with E-state index in [1.54, 1.807) is 0 Å². The molecule has 0 aliphatic heterocycles. The largest absolute Gasteiger partial charge is 0.455 e. The van der Waals surface area contributed by atoms with E-state index < -0.39 is 0 Å². The van der Waals surface area contributed by atoms with Crippen LogP contribution in [0.4, 0.5) is 17.1 Å². The molecule has 2 nitrogen and oxygen atoms in total. The van der Waals surface area contributed by atoms with E-state index in [4.69, 9.17) is 4.42 Å². The summed E-state index contributed by atoms with van der Waals surface area (Å²) < 4.78 is 9.55. The van der Waals surface area contributed by atoms with E-state index in [0.717, 1.165) is 44.4 Å². The van der Waals surface area contributed by atoms with Crippen molar-refractivity contribution in [3.8, 4) is 33.4 Å². The summed E-state index contributed by atoms with van der Waals surface area (Å²) in [6, 6.07) is 68.7. The van der Waals surface area contributed by atoms with E-state index >= 15 is 0 Å². The van der Waals surface area contributed by atoms with E-state index in [2.05, 4.69) is 207 Å². The highest BCUT2D eigenvalue weighted by atomic mass is 32.1. The number of nitrogens with zero attached hydrogens (tertiary/aromatic N) is 1. The average Bonchev–Trinajstić information content (AvgIpc) is 3.93. The van der Waals surface area contributed by atoms with Crippen LogP contribution in [0.3, 0.4) is 0 Å². The van der Waals surface area contributed by atoms with Crippen molar-refractivity contribution in [1.82, 2.24) is 0 Å². The summed E-state index contributed by atoms with van der Waals surface area (Å²) >= 11 is 1.89. The molecule has 0 radical (unpaired) electrons. The number of para-hydroxylation sites is 1. The topological polar surface area (TPSA) is 16.4 Å². The first kappa shape index (κ1) is 33.2. The Balaban J connectivity index is 1.14. The van der Waals surface area contributed by atoms with Crippen molar-refractivity contribution in [3.05, 3.63) is 199 Å². The molecule has 1 aliphatic carbocycles. The number of hydrogen-bond acceptors (Lipinski definition) is 3. The molecule has 0 fully saturated rings. The third-order valence-electron chi connectivity index (χ3n) is 12.5. The number of benzene rings is 9. The fourth-order valence-electron chi connectivity index (χ4n) is 9.77. The minimum Gasteiger partial charge on any atom is -0.455 e. The van der Waals surface area contributed by atoms with E-state index in [1.807, 2.05) is 11.3 Å². The van der Waals surface area contributed by atoms with Gasteiger partial charge in [-0.2, -0.15) is 0 Å². The molecule has 0 unspecified atom stereocenters. The second-order valence-electron chi connectivity index (χ2n) is 16.0. The van der Waals surface area contributed by atoms with E-state index in [9.17, 15) is 0 Å². The number of anilines is 3. The molecule has 0 atom stereocenters. The van der Waals surface area contributed by atoms with Crippen molar-refractivity contribution in [1.29, 1.82) is 0 Å². The smallest absolute Gasteiger partial charge is 0.143 e. The van der Waals surface area contributed by atoms with Crippen LogP contribution in [-0.2, 0) is 5.41 Å². The van der Waals surface area contributed by atoms with Crippen molar-refractivity contribution in [3.63, 3.8) is 0 Å². The van der Waals surface area contributed by atoms with E-state index in [1.165, 1.54) is 70.1 Å². The van der Waals surface area contributed by atoms with Gasteiger partial charge in [0, 0.05) is 53.3 Å². The Kier molecular flexibility index (Phi) is 7.18. The molecule has 0 amide bonds. The van der Waals surface area contributed by atoms with Gasteiger partial charge in [-0.15, -0.1) is 11.3 Å². The van der Waals surface area contributed by atoms with Crippen LogP contribution in [-0.4, -0.2) is 0 Å². The first-order chi connectivity index (χ1) is 28.5. The summed E-state index contributed by atoms with van der Waals surface area (Å²) in [4.78, 5) is 2.42. The van der Waals surface area contributed by atoms with Crippen LogP contribution in [0.25, 0.3) is 86.3 Å². The van der Waals surface area contributed by atoms with Crippen LogP contribution in [0.15, 0.2) is 192 Å². The third-order valence-corrected chi connectivity index (χ3v) is 13.7. The van der Waals surface area contributed by atoms with E-state index in [0.29, 0.717) is 0 Å². The Morgan fingerprint density at radius 3 is 1.97 bits per heavy atom. The number of fused-ring (bicyclic) bond motifs is 11. The molecule has 1 aliphatic rings. The first-order valence-corrected chi connectivity index (χ1v) is 20.8. The molecule has 3 heteroatoms. The maximum atomic E-state index is 6.96. The summed E-state index contributed by atoms with van der Waals surface area (Å²) in [5, 5.41) is 7.11. The fraction of sp³-hybridized carbons (Fsp3) is 0.0545. The summed E-state index contributed by atoms with van der Waals surface area (Å²) in [5.41, 5.74) is 15.3. The van der Waals surface area contributed by atoms with Crippen molar-refractivity contribution >= 4 is 81.3 Å². The molecule has 11 aromatic rings. The van der Waals surface area contributed by atoms with Gasteiger partial charge in [-0.3, -0.25) is 0 Å². The molecule has 0 bridgehead atoms. The van der Waals surface area contributed by atoms with Crippen molar-refractivity contribution < 1.29 is 4.42 Å². The molecule has 0 spiro atoms. The molecular weight excluding hydrogens is 723 g/mol. The minimum atomic E-state index is -0.125. The van der Waals surface area contributed by atoms with Gasteiger partial charge in [0.2, 0.25) is 0 Å². The normalized spacial score (nSPS) is 13.1. The standard InChI is InChI=1S/C55H37NOS/c1-55(2)46-24-13-11-21-39(46)40-29-28-36(32-47(40)55)56(35-18-7-4-8-19-35)48-25-15-26-49-52(48)45-33-44(38-20-9-10-22-41(38)53(45)57-49)42-31-30-37(34-16-5-3-6-17-34)51-43-23-12-14-27-50(43)58-54(42)51/h3-33H,1-2H3. The van der Waals surface area contributed by atoms with Crippen LogP contribution < -0.4 is 4.90 Å². The predicted octanol–water partition coefficient (Wildman–Crippen LogP) is 16.2. The fourth-order valence-corrected chi connectivity index (χ4v) is 11.0. The second-order valence-corrected chi connectivity index (χ2v) is 17.1. The van der Waals surface area contributed by atoms with Gasteiger partial charge in [-0.25, -0.2) is 0 Å². The lowest BCUT2D eigenvalue weighted by Gasteiger charge is -2.28. The highest BCUT2D eigenvalue weighted by Gasteiger charge is 2.36. The number of rotatable bonds is 5. The molecule has 2 aromatic heterocycles. The van der Waals surface area contributed by atoms with Gasteiger partial charge in [0.1, 0.15) is 11.2 Å². The Morgan fingerprint density at radius 2 is 1.12 bits per heavy atom. The molecule has 9 aromatic carbocycles. The molecular formula is C55H37NOS. The Morgan fingerprint density at radius 1 is 0.448 bits per heavy atom. The Bertz CT molecular complexity index is 3430. The highest BCUT2D eigenvalue weighted by Crippen LogP contribution is 2.53. The van der Waals surface area contributed by atoms with Crippen LogP contribution in [0.2, 0.25) is 0 Å². The molecule has 2 heterocycles. The second kappa shape index (κ2) is 12.5. The van der Waals surface area contributed by atoms with Gasteiger partial charge < -0.3 is 9.32 Å². The summed E-state index contributed by atoms with van der Waals surface area (Å²) in [6.07, 6.45) is 0. The zero-order valence-corrected chi connectivity index (χ0v) is 33.0. The average molecular weight is 760 g/mol. The maximum absolute atomic E-state index is 6.96. The van der Waals surface area contributed by atoms with Crippen LogP contribution >= 0.6 is 11.3 Å². The SMILES string of the molecule is CC1(C)c2ccccc2-c2ccc(N(c3ccccc3)c3cccc4oc5c6ccccc6c(-c6ccc(-c7ccccc7)c7c6sc6ccccc67)cc5c34)cc21. The molecule has 12 rings (SSSR count). The van der Waals surface area contributed by atoms with Gasteiger partial charge in [0.15, 0.2) is 0 Å². The monoisotopic (exact) mass is 759 g/mol. The van der Waals surface area contributed by atoms with Crippen molar-refractivity contribution in [2.24, 2.45) is 0 Å². The number of thiophene rings is 1. The number of hydrogen-bond donors (Lipinski definition) is 0. The van der Waals surface area contributed by atoms with Crippen LogP contribution in [0, 0.1) is 0 Å². The highest BCUT2D eigenvalue weighted by molar-refractivity contribution is 7.26. The molecule has 0 saturated carbocycles. The van der Waals surface area contributed by atoms with Crippen molar-refractivity contribution in [2.45, 2.75) is 19.3 Å². The van der Waals surface area contributed by atoms with E-state index in [-0.39, 0.29) is 5.41 Å². The first-order valence-electron chi connectivity index (χ1n) is 20.0. The lowest BCUT2D eigenvalue weighted by Crippen LogP contribution is -2.16. The molecule has 0 N–H and O–H groups in total. The van der Waals surface area contributed by atoms with Gasteiger partial charge in [-0.1, -0.05) is 153 Å². The quantitative estimate of drug-likeness (QED) is 0.174. The third kappa shape index (κ3) is 4.77. The summed E-state index contributed by atoms with van der Waals surface area (Å²) in [5.74, 6) is 0. The minimum absolute atomic E-state index is 0.125. The molecule has 0 saturated heterocycles. The molecule has 58 heavy (non-hydrogen) atoms.